The molecule has 1 aromatic rings. The van der Waals surface area contributed by atoms with Gasteiger partial charge in [-0.05, 0) is 6.07 Å². The Balaban J connectivity index is 3.18. The molecule has 19 heavy (non-hydrogen) atoms. The summed E-state index contributed by atoms with van der Waals surface area (Å²) in [5, 5.41) is 37.1. The van der Waals surface area contributed by atoms with Crippen LogP contribution in [0.1, 0.15) is 28.4 Å². The van der Waals surface area contributed by atoms with E-state index in [1.165, 1.54) is 25.3 Å². The van der Waals surface area contributed by atoms with Crippen LogP contribution in [0.2, 0.25) is 0 Å². The van der Waals surface area contributed by atoms with E-state index in [2.05, 4.69) is 0 Å². The molecule has 0 radical (unpaired) electrons. The van der Waals surface area contributed by atoms with Crippen LogP contribution in [-0.4, -0.2) is 45.6 Å². The van der Waals surface area contributed by atoms with Gasteiger partial charge in [-0.3, -0.25) is 4.79 Å². The number of benzene rings is 1. The minimum atomic E-state index is -1.63. The van der Waals surface area contributed by atoms with E-state index in [-0.39, 0.29) is 16.9 Å². The number of ether oxygens (including phenoxy) is 1. The van der Waals surface area contributed by atoms with Crippen molar-refractivity contribution < 1.29 is 34.8 Å². The molecule has 0 aliphatic carbocycles. The zero-order valence-corrected chi connectivity index (χ0v) is 10.1. The molecule has 7 nitrogen and oxygen atoms in total. The van der Waals surface area contributed by atoms with Gasteiger partial charge in [-0.15, -0.1) is 0 Å². The Bertz CT molecular complexity index is 483. The monoisotopic (exact) mass is 270 g/mol. The van der Waals surface area contributed by atoms with E-state index in [0.29, 0.717) is 0 Å². The standard InChI is InChI=1S/C12H14O7/c1-19-8-4-2-3-6(10(8)12(17)18)11(16)7(13)5-9(14)15/h2-4,7,11,13,16H,5H2,1H3,(H,14,15)(H,17,18). The molecule has 4 N–H and O–H groups in total. The summed E-state index contributed by atoms with van der Waals surface area (Å²) in [5.41, 5.74) is -0.400. The van der Waals surface area contributed by atoms with Gasteiger partial charge in [-0.1, -0.05) is 12.1 Å². The first-order valence-electron chi connectivity index (χ1n) is 5.36. The summed E-state index contributed by atoms with van der Waals surface area (Å²) in [6.07, 6.45) is -3.93. The zero-order valence-electron chi connectivity index (χ0n) is 10.1. The first kappa shape index (κ1) is 14.9. The molecule has 1 rings (SSSR count). The van der Waals surface area contributed by atoms with E-state index >= 15 is 0 Å². The normalized spacial score (nSPS) is 13.6. The summed E-state index contributed by atoms with van der Waals surface area (Å²) in [5.74, 6) is -2.62. The summed E-state index contributed by atoms with van der Waals surface area (Å²) in [6.45, 7) is 0. The summed E-state index contributed by atoms with van der Waals surface area (Å²) in [7, 11) is 1.27. The Hall–Kier alpha value is -2.12. The van der Waals surface area contributed by atoms with Crippen LogP contribution in [0.25, 0.3) is 0 Å². The van der Waals surface area contributed by atoms with Gasteiger partial charge in [0, 0.05) is 5.56 Å². The third kappa shape index (κ3) is 3.43. The van der Waals surface area contributed by atoms with Crippen molar-refractivity contribution >= 4 is 11.9 Å². The van der Waals surface area contributed by atoms with Crippen molar-refractivity contribution in [1.82, 2.24) is 0 Å². The average Bonchev–Trinajstić information content (AvgIpc) is 2.35. The van der Waals surface area contributed by atoms with Crippen LogP contribution in [-0.2, 0) is 4.79 Å². The number of carboxylic acids is 2. The van der Waals surface area contributed by atoms with Crippen LogP contribution in [0.4, 0.5) is 0 Å². The fraction of sp³-hybridized carbons (Fsp3) is 0.333. The van der Waals surface area contributed by atoms with Gasteiger partial charge in [0.25, 0.3) is 0 Å². The molecule has 1 aromatic carbocycles. The minimum absolute atomic E-state index is 0.0200. The average molecular weight is 270 g/mol. The van der Waals surface area contributed by atoms with Gasteiger partial charge in [-0.25, -0.2) is 4.79 Å². The molecule has 0 aliphatic rings. The molecule has 0 heterocycles. The highest BCUT2D eigenvalue weighted by atomic mass is 16.5. The Kier molecular flexibility index (Phi) is 4.85. The third-order valence-corrected chi connectivity index (χ3v) is 2.56. The first-order chi connectivity index (χ1) is 8.88. The molecule has 0 saturated heterocycles. The Morgan fingerprint density at radius 2 is 1.89 bits per heavy atom. The number of hydrogen-bond acceptors (Lipinski definition) is 5. The van der Waals surface area contributed by atoms with Gasteiger partial charge in [0.15, 0.2) is 0 Å². The second-order valence-electron chi connectivity index (χ2n) is 3.84. The molecular formula is C12H14O7. The summed E-state index contributed by atoms with van der Waals surface area (Å²) in [6, 6.07) is 4.13. The molecule has 0 spiro atoms. The van der Waals surface area contributed by atoms with Crippen molar-refractivity contribution in [2.45, 2.75) is 18.6 Å². The highest BCUT2D eigenvalue weighted by Crippen LogP contribution is 2.29. The van der Waals surface area contributed by atoms with Gasteiger partial charge in [0.05, 0.1) is 19.6 Å². The lowest BCUT2D eigenvalue weighted by atomic mass is 9.96. The van der Waals surface area contributed by atoms with Crippen LogP contribution >= 0.6 is 0 Å². The van der Waals surface area contributed by atoms with Crippen LogP contribution in [0.15, 0.2) is 18.2 Å². The molecule has 7 heteroatoms. The topological polar surface area (TPSA) is 124 Å². The fourth-order valence-electron chi connectivity index (χ4n) is 1.69. The maximum atomic E-state index is 11.2. The van der Waals surface area contributed by atoms with E-state index in [0.717, 1.165) is 0 Å². The predicted octanol–water partition coefficient (Wildman–Crippen LogP) is 0.262. The molecule has 0 saturated carbocycles. The number of aliphatic hydroxyl groups is 2. The lowest BCUT2D eigenvalue weighted by Gasteiger charge is -2.19. The number of rotatable bonds is 6. The van der Waals surface area contributed by atoms with E-state index < -0.39 is 30.6 Å². The van der Waals surface area contributed by atoms with Gasteiger partial charge in [-0.2, -0.15) is 0 Å². The molecule has 0 aromatic heterocycles. The third-order valence-electron chi connectivity index (χ3n) is 2.56. The molecule has 0 amide bonds. The van der Waals surface area contributed by atoms with Crippen molar-refractivity contribution in [1.29, 1.82) is 0 Å². The maximum Gasteiger partial charge on any atom is 0.339 e. The van der Waals surface area contributed by atoms with Gasteiger partial charge in [0.2, 0.25) is 0 Å². The van der Waals surface area contributed by atoms with Gasteiger partial charge in [0.1, 0.15) is 17.4 Å². The number of carbonyl (C=O) groups is 2. The van der Waals surface area contributed by atoms with Crippen molar-refractivity contribution in [3.8, 4) is 5.75 Å². The Labute approximate surface area is 108 Å². The van der Waals surface area contributed by atoms with Crippen LogP contribution in [0.5, 0.6) is 5.75 Å². The number of aliphatic hydroxyl groups excluding tert-OH is 2. The quantitative estimate of drug-likeness (QED) is 0.584. The van der Waals surface area contributed by atoms with Crippen molar-refractivity contribution in [3.63, 3.8) is 0 Å². The van der Waals surface area contributed by atoms with Crippen LogP contribution < -0.4 is 4.74 Å². The Morgan fingerprint density at radius 3 is 2.37 bits per heavy atom. The van der Waals surface area contributed by atoms with E-state index in [1.54, 1.807) is 0 Å². The lowest BCUT2D eigenvalue weighted by Crippen LogP contribution is -2.23. The second-order valence-corrected chi connectivity index (χ2v) is 3.84. The molecule has 0 fully saturated rings. The zero-order chi connectivity index (χ0) is 14.6. The van der Waals surface area contributed by atoms with E-state index in [4.69, 9.17) is 14.9 Å². The molecular weight excluding hydrogens is 256 g/mol. The SMILES string of the molecule is COc1cccc(C(O)C(O)CC(=O)O)c1C(=O)O. The second kappa shape index (κ2) is 6.17. The Morgan fingerprint density at radius 1 is 1.26 bits per heavy atom. The number of hydrogen-bond donors (Lipinski definition) is 4. The molecule has 0 bridgehead atoms. The minimum Gasteiger partial charge on any atom is -0.496 e. The van der Waals surface area contributed by atoms with E-state index in [1.807, 2.05) is 0 Å². The van der Waals surface area contributed by atoms with Gasteiger partial charge < -0.3 is 25.2 Å². The molecule has 104 valence electrons. The fourth-order valence-corrected chi connectivity index (χ4v) is 1.69. The van der Waals surface area contributed by atoms with Crippen LogP contribution in [0.3, 0.4) is 0 Å². The predicted molar refractivity (Wildman–Crippen MR) is 63.2 cm³/mol. The van der Waals surface area contributed by atoms with Crippen molar-refractivity contribution in [2.24, 2.45) is 0 Å². The smallest absolute Gasteiger partial charge is 0.339 e. The molecule has 2 unspecified atom stereocenters. The largest absolute Gasteiger partial charge is 0.496 e. The maximum absolute atomic E-state index is 11.2. The number of aromatic carboxylic acids is 1. The number of methoxy groups -OCH3 is 1. The summed E-state index contributed by atoms with van der Waals surface area (Å²) < 4.78 is 4.87. The van der Waals surface area contributed by atoms with Crippen molar-refractivity contribution in [2.75, 3.05) is 7.11 Å². The highest BCUT2D eigenvalue weighted by molar-refractivity contribution is 5.92. The molecule has 2 atom stereocenters. The first-order valence-corrected chi connectivity index (χ1v) is 5.36. The summed E-state index contributed by atoms with van der Waals surface area (Å²) >= 11 is 0. The number of aliphatic carboxylic acids is 1. The van der Waals surface area contributed by atoms with E-state index in [9.17, 15) is 19.8 Å². The van der Waals surface area contributed by atoms with Crippen LogP contribution in [0, 0.1) is 0 Å². The summed E-state index contributed by atoms with van der Waals surface area (Å²) in [4.78, 5) is 21.6. The van der Waals surface area contributed by atoms with Crippen molar-refractivity contribution in [3.05, 3.63) is 29.3 Å². The lowest BCUT2D eigenvalue weighted by molar-refractivity contribution is -0.141. The highest BCUT2D eigenvalue weighted by Gasteiger charge is 2.27. The molecule has 0 aliphatic heterocycles. The van der Waals surface area contributed by atoms with Gasteiger partial charge >= 0.3 is 11.9 Å². The number of carboxylic acid groups (broad SMARTS) is 2.